The lowest BCUT2D eigenvalue weighted by molar-refractivity contribution is -0.145. The maximum atomic E-state index is 11.8. The van der Waals surface area contributed by atoms with Crippen LogP contribution in [0.1, 0.15) is 111 Å². The maximum Gasteiger partial charge on any atom is 0.305 e. The van der Waals surface area contributed by atoms with Crippen molar-refractivity contribution in [3.63, 3.8) is 0 Å². The molecule has 252 valence electrons. The van der Waals surface area contributed by atoms with Gasteiger partial charge in [0, 0.05) is 6.42 Å². The predicted octanol–water partition coefficient (Wildman–Crippen LogP) is 6.54. The zero-order valence-corrected chi connectivity index (χ0v) is 27.6. The topological polar surface area (TPSA) is 90.9 Å². The monoisotopic (exact) mass is 606 g/mol. The van der Waals surface area contributed by atoms with E-state index in [1.165, 1.54) is 70.6 Å². The van der Waals surface area contributed by atoms with Crippen molar-refractivity contribution in [3.8, 4) is 0 Å². The van der Waals surface area contributed by atoms with Crippen molar-refractivity contribution >= 4 is 5.97 Å². The van der Waals surface area contributed by atoms with Gasteiger partial charge in [-0.2, -0.15) is 0 Å². The number of hydrogen-bond donors (Lipinski definition) is 0. The molecule has 0 spiro atoms. The van der Waals surface area contributed by atoms with Gasteiger partial charge in [0.25, 0.3) is 0 Å². The molecule has 0 aliphatic heterocycles. The highest BCUT2D eigenvalue weighted by Gasteiger charge is 2.03. The number of esters is 1. The molecule has 0 bridgehead atoms. The van der Waals surface area contributed by atoms with E-state index in [0.717, 1.165) is 12.8 Å². The Labute approximate surface area is 257 Å². The first kappa shape index (κ1) is 41.2. The maximum absolute atomic E-state index is 11.8. The Balaban J connectivity index is 3.14. The summed E-state index contributed by atoms with van der Waals surface area (Å²) in [5, 5.41) is 0. The highest BCUT2D eigenvalue weighted by atomic mass is 16.6. The third kappa shape index (κ3) is 37.2. The van der Waals surface area contributed by atoms with Gasteiger partial charge in [0.2, 0.25) is 0 Å². The van der Waals surface area contributed by atoms with E-state index < -0.39 is 0 Å². The molecule has 9 nitrogen and oxygen atoms in total. The minimum Gasteiger partial charge on any atom is -0.463 e. The third-order valence-electron chi connectivity index (χ3n) is 6.51. The van der Waals surface area contributed by atoms with E-state index in [4.69, 9.17) is 37.9 Å². The summed E-state index contributed by atoms with van der Waals surface area (Å²) in [7, 11) is 0. The summed E-state index contributed by atoms with van der Waals surface area (Å²) in [6.07, 6.45) is 17.6. The predicted molar refractivity (Wildman–Crippen MR) is 167 cm³/mol. The van der Waals surface area contributed by atoms with Gasteiger partial charge in [-0.1, -0.05) is 84.0 Å². The summed E-state index contributed by atoms with van der Waals surface area (Å²) in [4.78, 5) is 11.8. The van der Waals surface area contributed by atoms with Gasteiger partial charge in [-0.15, -0.1) is 0 Å². The molecule has 0 fully saturated rings. The second kappa shape index (κ2) is 36.4. The van der Waals surface area contributed by atoms with Crippen molar-refractivity contribution in [1.82, 2.24) is 0 Å². The van der Waals surface area contributed by atoms with Crippen molar-refractivity contribution in [2.45, 2.75) is 117 Å². The molecule has 0 N–H and O–H groups in total. The van der Waals surface area contributed by atoms with E-state index in [1.54, 1.807) is 0 Å². The molecule has 0 heterocycles. The molecule has 0 amide bonds. The lowest BCUT2D eigenvalue weighted by atomic mass is 10.0. The number of unbranched alkanes of at least 4 members (excludes halogenated alkanes) is 12. The first-order valence-electron chi connectivity index (χ1n) is 16.9. The van der Waals surface area contributed by atoms with Crippen LogP contribution in [0.5, 0.6) is 0 Å². The van der Waals surface area contributed by atoms with Crippen LogP contribution in [-0.4, -0.2) is 105 Å². The molecule has 0 saturated heterocycles. The highest BCUT2D eigenvalue weighted by molar-refractivity contribution is 5.69. The second-order valence-electron chi connectivity index (χ2n) is 10.8. The summed E-state index contributed by atoms with van der Waals surface area (Å²) < 4.78 is 43.3. The molecule has 0 atom stereocenters. The Kier molecular flexibility index (Phi) is 35.7. The van der Waals surface area contributed by atoms with Crippen LogP contribution in [0.25, 0.3) is 0 Å². The molecule has 0 radical (unpaired) electrons. The number of ether oxygens (including phenoxy) is 8. The fourth-order valence-corrected chi connectivity index (χ4v) is 4.12. The van der Waals surface area contributed by atoms with E-state index in [1.807, 2.05) is 13.8 Å². The Bertz CT molecular complexity index is 520. The number of rotatable bonds is 36. The van der Waals surface area contributed by atoms with Gasteiger partial charge in [0.15, 0.2) is 0 Å². The van der Waals surface area contributed by atoms with Gasteiger partial charge in [-0.3, -0.25) is 4.79 Å². The fourth-order valence-electron chi connectivity index (χ4n) is 4.12. The standard InChI is InChI=1S/C33H66O9/c1-4-5-6-7-8-9-10-11-12-13-14-15-16-17-33(34)42-31-29-40-27-25-38-23-21-36-19-18-35-20-22-37-24-26-39-28-30-41-32(2)3/h32H,4-31H2,1-3H3. The normalized spacial score (nSPS) is 11.5. The van der Waals surface area contributed by atoms with Gasteiger partial charge < -0.3 is 37.9 Å². The first-order valence-corrected chi connectivity index (χ1v) is 16.9. The van der Waals surface area contributed by atoms with E-state index in [9.17, 15) is 4.79 Å². The molecule has 0 aromatic heterocycles. The number of hydrogen-bond acceptors (Lipinski definition) is 9. The van der Waals surface area contributed by atoms with Crippen molar-refractivity contribution in [2.24, 2.45) is 0 Å². The van der Waals surface area contributed by atoms with E-state index in [0.29, 0.717) is 98.9 Å². The van der Waals surface area contributed by atoms with Gasteiger partial charge in [-0.25, -0.2) is 0 Å². The number of carbonyl (C=O) groups is 1. The molecule has 0 aromatic carbocycles. The van der Waals surface area contributed by atoms with E-state index >= 15 is 0 Å². The smallest absolute Gasteiger partial charge is 0.305 e. The van der Waals surface area contributed by atoms with Crippen LogP contribution in [0.4, 0.5) is 0 Å². The lowest BCUT2D eigenvalue weighted by Crippen LogP contribution is -2.15. The molecule has 0 aliphatic rings. The van der Waals surface area contributed by atoms with E-state index in [-0.39, 0.29) is 12.1 Å². The molecule has 42 heavy (non-hydrogen) atoms. The lowest BCUT2D eigenvalue weighted by Gasteiger charge is -2.09. The average Bonchev–Trinajstić information content (AvgIpc) is 2.98. The van der Waals surface area contributed by atoms with Crippen molar-refractivity contribution in [1.29, 1.82) is 0 Å². The third-order valence-corrected chi connectivity index (χ3v) is 6.51. The van der Waals surface area contributed by atoms with Crippen LogP contribution in [0, 0.1) is 0 Å². The minimum absolute atomic E-state index is 0.125. The molecular formula is C33H66O9. The van der Waals surface area contributed by atoms with Gasteiger partial charge >= 0.3 is 5.97 Å². The van der Waals surface area contributed by atoms with Crippen LogP contribution in [-0.2, 0) is 42.7 Å². The van der Waals surface area contributed by atoms with Crippen molar-refractivity contribution < 1.29 is 42.7 Å². The van der Waals surface area contributed by atoms with Crippen LogP contribution >= 0.6 is 0 Å². The summed E-state index contributed by atoms with van der Waals surface area (Å²) in [6, 6.07) is 0. The first-order chi connectivity index (χ1) is 20.7. The molecular weight excluding hydrogens is 540 g/mol. The second-order valence-corrected chi connectivity index (χ2v) is 10.8. The van der Waals surface area contributed by atoms with Gasteiger partial charge in [0.1, 0.15) is 6.61 Å². The van der Waals surface area contributed by atoms with Gasteiger partial charge in [-0.05, 0) is 20.3 Å². The molecule has 0 unspecified atom stereocenters. The van der Waals surface area contributed by atoms with Crippen molar-refractivity contribution in [3.05, 3.63) is 0 Å². The largest absolute Gasteiger partial charge is 0.463 e. The minimum atomic E-state index is -0.125. The fraction of sp³-hybridized carbons (Fsp3) is 0.970. The summed E-state index contributed by atoms with van der Waals surface area (Å²) in [6.45, 7) is 13.3. The molecule has 0 saturated carbocycles. The zero-order valence-electron chi connectivity index (χ0n) is 27.6. The average molecular weight is 607 g/mol. The Morgan fingerprint density at radius 3 is 1.10 bits per heavy atom. The zero-order chi connectivity index (χ0) is 30.6. The van der Waals surface area contributed by atoms with Crippen LogP contribution < -0.4 is 0 Å². The Morgan fingerprint density at radius 2 is 0.738 bits per heavy atom. The summed E-state index contributed by atoms with van der Waals surface area (Å²) in [5.74, 6) is -0.125. The van der Waals surface area contributed by atoms with Crippen LogP contribution in [0.3, 0.4) is 0 Å². The van der Waals surface area contributed by atoms with Crippen molar-refractivity contribution in [2.75, 3.05) is 92.5 Å². The van der Waals surface area contributed by atoms with Crippen LogP contribution in [0.2, 0.25) is 0 Å². The van der Waals surface area contributed by atoms with Gasteiger partial charge in [0.05, 0.1) is 92.0 Å². The highest BCUT2D eigenvalue weighted by Crippen LogP contribution is 2.13. The Hall–Kier alpha value is -0.810. The van der Waals surface area contributed by atoms with Crippen LogP contribution in [0.15, 0.2) is 0 Å². The molecule has 0 aromatic rings. The molecule has 9 heteroatoms. The Morgan fingerprint density at radius 1 is 0.429 bits per heavy atom. The SMILES string of the molecule is CCCCCCCCCCCCCCCC(=O)OCCOCCOCCOCCOCCOCCOCCOC(C)C. The summed E-state index contributed by atoms with van der Waals surface area (Å²) in [5.41, 5.74) is 0. The van der Waals surface area contributed by atoms with E-state index in [2.05, 4.69) is 6.92 Å². The number of carbonyl (C=O) groups excluding carboxylic acids is 1. The molecule has 0 aliphatic carbocycles. The molecule has 0 rings (SSSR count). The quantitative estimate of drug-likeness (QED) is 0.0583. The summed E-state index contributed by atoms with van der Waals surface area (Å²) >= 11 is 0.